The molecular formula is C25H33FN6O2. The number of nitrogen functional groups attached to an aromatic ring is 1. The van der Waals surface area contributed by atoms with Crippen LogP contribution in [0.1, 0.15) is 41.3 Å². The molecule has 0 bridgehead atoms. The van der Waals surface area contributed by atoms with Gasteiger partial charge in [0, 0.05) is 32.1 Å². The lowest BCUT2D eigenvalue weighted by Gasteiger charge is -2.32. The number of rotatable bonds is 6. The minimum absolute atomic E-state index is 0.147. The minimum atomic E-state index is -0.147. The van der Waals surface area contributed by atoms with E-state index in [1.54, 1.807) is 12.1 Å². The molecule has 2 fully saturated rings. The number of nitrogens with two attached hydrogens (primary N) is 1. The van der Waals surface area contributed by atoms with Gasteiger partial charge in [-0.2, -0.15) is 0 Å². The zero-order valence-electron chi connectivity index (χ0n) is 19.7. The molecule has 1 aromatic carbocycles. The molecule has 5 rings (SSSR count). The molecule has 34 heavy (non-hydrogen) atoms. The smallest absolute Gasteiger partial charge is 0.177 e. The lowest BCUT2D eigenvalue weighted by atomic mass is 9.85. The van der Waals surface area contributed by atoms with E-state index in [1.165, 1.54) is 0 Å². The molecule has 2 aliphatic rings. The Kier molecular flexibility index (Phi) is 6.67. The van der Waals surface area contributed by atoms with Gasteiger partial charge in [-0.05, 0) is 56.0 Å². The van der Waals surface area contributed by atoms with Crippen LogP contribution in [-0.2, 0) is 11.2 Å². The number of likely N-dealkylation sites (tertiary alicyclic amines) is 1. The number of hydrogen-bond acceptors (Lipinski definition) is 7. The third-order valence-corrected chi connectivity index (χ3v) is 7.14. The average molecular weight is 469 g/mol. The van der Waals surface area contributed by atoms with Crippen molar-refractivity contribution in [3.8, 4) is 0 Å². The maximum absolute atomic E-state index is 15.2. The maximum Gasteiger partial charge on any atom is 0.177 e. The van der Waals surface area contributed by atoms with Gasteiger partial charge in [0.25, 0.3) is 0 Å². The predicted octanol–water partition coefficient (Wildman–Crippen LogP) is 2.36. The second-order valence-corrected chi connectivity index (χ2v) is 9.27. The molecule has 8 nitrogen and oxygen atoms in total. The highest BCUT2D eigenvalue weighted by Gasteiger charge is 2.26. The molecule has 0 unspecified atom stereocenters. The number of β-amino-alcohol motifs (C(OH)–C–C–N with tert-alkyl or cyclic N) is 1. The first-order valence-electron chi connectivity index (χ1n) is 12.1. The summed E-state index contributed by atoms with van der Waals surface area (Å²) in [4.78, 5) is 9.11. The van der Waals surface area contributed by atoms with Crippen LogP contribution in [-0.4, -0.2) is 77.1 Å². The van der Waals surface area contributed by atoms with Gasteiger partial charge < -0.3 is 25.4 Å². The summed E-state index contributed by atoms with van der Waals surface area (Å²) in [5.41, 5.74) is 11.2. The van der Waals surface area contributed by atoms with Crippen LogP contribution in [0.4, 0.5) is 15.9 Å². The molecular weight excluding hydrogens is 435 g/mol. The van der Waals surface area contributed by atoms with Gasteiger partial charge in [-0.1, -0.05) is 12.1 Å². The van der Waals surface area contributed by atoms with E-state index in [1.807, 2.05) is 23.6 Å². The average Bonchev–Trinajstić information content (AvgIpc) is 3.16. The number of ether oxygens (including phenoxy) is 1. The number of imidazole rings is 1. The molecule has 0 radical (unpaired) electrons. The number of morpholine rings is 1. The Labute approximate surface area is 199 Å². The van der Waals surface area contributed by atoms with Crippen molar-refractivity contribution in [1.82, 2.24) is 19.5 Å². The van der Waals surface area contributed by atoms with Gasteiger partial charge in [0.2, 0.25) is 0 Å². The van der Waals surface area contributed by atoms with Crippen molar-refractivity contribution in [1.29, 1.82) is 0 Å². The predicted molar refractivity (Wildman–Crippen MR) is 130 cm³/mol. The summed E-state index contributed by atoms with van der Waals surface area (Å²) >= 11 is 0. The summed E-state index contributed by atoms with van der Waals surface area (Å²) in [6.07, 6.45) is 2.30. The number of aliphatic hydroxyl groups is 1. The van der Waals surface area contributed by atoms with Gasteiger partial charge in [0.1, 0.15) is 5.82 Å². The van der Waals surface area contributed by atoms with Gasteiger partial charge in [0.15, 0.2) is 11.5 Å². The fourth-order valence-corrected chi connectivity index (χ4v) is 5.29. The highest BCUT2D eigenvalue weighted by molar-refractivity contribution is 5.69. The molecule has 2 aliphatic heterocycles. The van der Waals surface area contributed by atoms with Crippen LogP contribution in [0.2, 0.25) is 0 Å². The summed E-state index contributed by atoms with van der Waals surface area (Å²) in [5.74, 6) is 0.821. The fraction of sp³-hybridized carbons (Fsp3) is 0.520. The van der Waals surface area contributed by atoms with Crippen molar-refractivity contribution in [3.63, 3.8) is 0 Å². The summed E-state index contributed by atoms with van der Waals surface area (Å²) < 4.78 is 22.5. The van der Waals surface area contributed by atoms with E-state index in [4.69, 9.17) is 20.6 Å². The SMILES string of the molecule is Cc1nc2c(N)cc(N3CCOCC3)nn2c1Cc1cccc(F)c1C1CCN(CCO)CC1. The van der Waals surface area contributed by atoms with Gasteiger partial charge in [-0.3, -0.25) is 0 Å². The van der Waals surface area contributed by atoms with Crippen molar-refractivity contribution < 1.29 is 14.2 Å². The maximum atomic E-state index is 15.2. The first kappa shape index (κ1) is 23.0. The fourth-order valence-electron chi connectivity index (χ4n) is 5.29. The monoisotopic (exact) mass is 468 g/mol. The number of halogens is 1. The van der Waals surface area contributed by atoms with Crippen LogP contribution in [0.5, 0.6) is 0 Å². The van der Waals surface area contributed by atoms with Gasteiger partial charge in [-0.15, -0.1) is 5.10 Å². The van der Waals surface area contributed by atoms with E-state index in [0.717, 1.165) is 67.4 Å². The Morgan fingerprint density at radius 3 is 2.68 bits per heavy atom. The molecule has 0 aliphatic carbocycles. The summed E-state index contributed by atoms with van der Waals surface area (Å²) in [6, 6.07) is 7.25. The van der Waals surface area contributed by atoms with Gasteiger partial charge in [-0.25, -0.2) is 13.9 Å². The van der Waals surface area contributed by atoms with Crippen LogP contribution in [0, 0.1) is 12.7 Å². The normalized spacial score (nSPS) is 18.1. The third kappa shape index (κ3) is 4.47. The summed E-state index contributed by atoms with van der Waals surface area (Å²) in [7, 11) is 0. The Balaban J connectivity index is 1.48. The second kappa shape index (κ2) is 9.85. The zero-order chi connectivity index (χ0) is 23.7. The lowest BCUT2D eigenvalue weighted by Crippen LogP contribution is -2.37. The van der Waals surface area contributed by atoms with Crippen molar-refractivity contribution in [2.24, 2.45) is 0 Å². The quantitative estimate of drug-likeness (QED) is 0.574. The zero-order valence-corrected chi connectivity index (χ0v) is 19.7. The molecule has 4 heterocycles. The van der Waals surface area contributed by atoms with Gasteiger partial charge in [0.05, 0.1) is 36.9 Å². The van der Waals surface area contributed by atoms with E-state index in [0.29, 0.717) is 37.5 Å². The molecule has 0 spiro atoms. The summed E-state index contributed by atoms with van der Waals surface area (Å²) in [5, 5.41) is 14.1. The molecule has 182 valence electrons. The minimum Gasteiger partial charge on any atom is -0.396 e. The Morgan fingerprint density at radius 1 is 1.18 bits per heavy atom. The number of benzene rings is 1. The number of fused-ring (bicyclic) bond motifs is 1. The highest BCUT2D eigenvalue weighted by atomic mass is 19.1. The standard InChI is InChI=1S/C25H33FN6O2/c1-17-22(32-25(28-17)21(27)16-23(29-32)31-10-13-34-14-11-31)15-19-3-2-4-20(26)24(19)18-5-7-30(8-6-18)9-12-33/h2-4,16,18,33H,5-15,27H2,1H3. The number of aryl methyl sites for hydroxylation is 1. The lowest BCUT2D eigenvalue weighted by molar-refractivity contribution is 0.122. The molecule has 3 N–H and O–H groups in total. The summed E-state index contributed by atoms with van der Waals surface area (Å²) in [6.45, 7) is 7.40. The Morgan fingerprint density at radius 2 is 1.94 bits per heavy atom. The highest BCUT2D eigenvalue weighted by Crippen LogP contribution is 2.34. The van der Waals surface area contributed by atoms with Crippen molar-refractivity contribution in [2.45, 2.75) is 32.1 Å². The molecule has 3 aromatic rings. The van der Waals surface area contributed by atoms with Crippen molar-refractivity contribution in [3.05, 3.63) is 52.6 Å². The van der Waals surface area contributed by atoms with Crippen molar-refractivity contribution >= 4 is 17.2 Å². The Bertz CT molecular complexity index is 1150. The van der Waals surface area contributed by atoms with Crippen molar-refractivity contribution in [2.75, 3.05) is 63.2 Å². The number of piperidine rings is 1. The number of hydrogen-bond donors (Lipinski definition) is 2. The van der Waals surface area contributed by atoms with E-state index < -0.39 is 0 Å². The Hall–Kier alpha value is -2.75. The first-order chi connectivity index (χ1) is 16.5. The molecule has 0 atom stereocenters. The second-order valence-electron chi connectivity index (χ2n) is 9.27. The topological polar surface area (TPSA) is 92.1 Å². The van der Waals surface area contributed by atoms with Crippen LogP contribution in [0.25, 0.3) is 5.65 Å². The van der Waals surface area contributed by atoms with E-state index >= 15 is 4.39 Å². The van der Waals surface area contributed by atoms with Crippen LogP contribution in [0.15, 0.2) is 24.3 Å². The number of aromatic nitrogens is 3. The van der Waals surface area contributed by atoms with Crippen LogP contribution < -0.4 is 10.6 Å². The molecule has 0 saturated carbocycles. The molecule has 2 saturated heterocycles. The van der Waals surface area contributed by atoms with E-state index in [-0.39, 0.29) is 18.3 Å². The number of aliphatic hydroxyl groups excluding tert-OH is 1. The molecule has 0 amide bonds. The van der Waals surface area contributed by atoms with Gasteiger partial charge >= 0.3 is 0 Å². The number of anilines is 2. The third-order valence-electron chi connectivity index (χ3n) is 7.14. The van der Waals surface area contributed by atoms with Crippen LogP contribution in [0.3, 0.4) is 0 Å². The molecule has 9 heteroatoms. The van der Waals surface area contributed by atoms with E-state index in [2.05, 4.69) is 9.80 Å². The van der Waals surface area contributed by atoms with E-state index in [9.17, 15) is 5.11 Å². The molecule has 2 aromatic heterocycles. The largest absolute Gasteiger partial charge is 0.396 e. The number of nitrogens with zero attached hydrogens (tertiary/aromatic N) is 5. The van der Waals surface area contributed by atoms with Crippen LogP contribution >= 0.6 is 0 Å². The first-order valence-corrected chi connectivity index (χ1v) is 12.1.